The maximum Gasteiger partial charge on any atom is 0.261 e. The summed E-state index contributed by atoms with van der Waals surface area (Å²) in [4.78, 5) is 0.248. The summed E-state index contributed by atoms with van der Waals surface area (Å²) in [5.41, 5.74) is 3.50. The van der Waals surface area contributed by atoms with Crippen LogP contribution < -0.4 is 19.5 Å². The van der Waals surface area contributed by atoms with Crippen LogP contribution in [0, 0.1) is 5.92 Å². The fraction of sp³-hybridized carbons (Fsp3) is 0.200. The Balaban J connectivity index is 1.37. The molecule has 4 aromatic rings. The molecule has 6 rings (SSSR count). The zero-order valence-corrected chi connectivity index (χ0v) is 21.5. The van der Waals surface area contributed by atoms with Crippen molar-refractivity contribution >= 4 is 32.2 Å². The number of hydrogen-bond donors (Lipinski definition) is 2. The lowest BCUT2D eigenvalue weighted by Crippen LogP contribution is -2.29. The summed E-state index contributed by atoms with van der Waals surface area (Å²) in [7, 11) is -0.497. The molecular formula is C30H28N2O4S. The van der Waals surface area contributed by atoms with Crippen LogP contribution in [0.5, 0.6) is 11.5 Å². The fourth-order valence-electron chi connectivity index (χ4n) is 5.72. The minimum Gasteiger partial charge on any atom is -0.493 e. The largest absolute Gasteiger partial charge is 0.493 e. The summed E-state index contributed by atoms with van der Waals surface area (Å²) in [6, 6.07) is 24.6. The number of para-hydroxylation sites is 1. The first-order valence-electron chi connectivity index (χ1n) is 12.3. The third-order valence-electron chi connectivity index (χ3n) is 7.45. The summed E-state index contributed by atoms with van der Waals surface area (Å²) in [6.07, 6.45) is 5.26. The number of sulfonamides is 1. The van der Waals surface area contributed by atoms with Crippen molar-refractivity contribution in [3.63, 3.8) is 0 Å². The molecule has 4 aromatic carbocycles. The molecule has 0 spiro atoms. The number of benzene rings is 4. The Morgan fingerprint density at radius 3 is 2.54 bits per heavy atom. The lowest BCUT2D eigenvalue weighted by molar-refractivity contribution is 0.341. The number of nitrogens with one attached hydrogen (secondary N) is 2. The van der Waals surface area contributed by atoms with Gasteiger partial charge in [-0.15, -0.1) is 0 Å². The van der Waals surface area contributed by atoms with E-state index in [1.54, 1.807) is 26.4 Å². The highest BCUT2D eigenvalue weighted by molar-refractivity contribution is 7.92. The van der Waals surface area contributed by atoms with Crippen LogP contribution in [0.1, 0.15) is 29.5 Å². The molecule has 0 saturated carbocycles. The van der Waals surface area contributed by atoms with Gasteiger partial charge in [-0.05, 0) is 53.6 Å². The lowest BCUT2D eigenvalue weighted by atomic mass is 9.77. The molecule has 1 heterocycles. The molecule has 3 atom stereocenters. The second kappa shape index (κ2) is 9.16. The van der Waals surface area contributed by atoms with Gasteiger partial charge in [-0.25, -0.2) is 8.42 Å². The van der Waals surface area contributed by atoms with E-state index in [0.29, 0.717) is 11.4 Å². The van der Waals surface area contributed by atoms with Crippen LogP contribution in [0.3, 0.4) is 0 Å². The zero-order chi connectivity index (χ0) is 25.6. The molecule has 0 aromatic heterocycles. The van der Waals surface area contributed by atoms with Crippen LogP contribution in [0.4, 0.5) is 11.4 Å². The number of ether oxygens (including phenoxy) is 2. The fourth-order valence-corrected chi connectivity index (χ4v) is 6.84. The molecular weight excluding hydrogens is 484 g/mol. The molecule has 2 N–H and O–H groups in total. The summed E-state index contributed by atoms with van der Waals surface area (Å²) in [5.74, 6) is 1.72. The number of allylic oxidation sites excluding steroid dienone is 2. The van der Waals surface area contributed by atoms with Crippen molar-refractivity contribution in [2.24, 2.45) is 5.92 Å². The van der Waals surface area contributed by atoms with Crippen molar-refractivity contribution in [3.05, 3.63) is 102 Å². The molecule has 0 fully saturated rings. The number of methoxy groups -OCH3 is 2. The van der Waals surface area contributed by atoms with E-state index in [2.05, 4.69) is 28.3 Å². The molecule has 1 aliphatic carbocycles. The van der Waals surface area contributed by atoms with E-state index >= 15 is 0 Å². The minimum absolute atomic E-state index is 0.00573. The van der Waals surface area contributed by atoms with Gasteiger partial charge in [0.2, 0.25) is 0 Å². The van der Waals surface area contributed by atoms with Crippen LogP contribution in [-0.4, -0.2) is 22.6 Å². The van der Waals surface area contributed by atoms with Gasteiger partial charge in [-0.2, -0.15) is 0 Å². The SMILES string of the molecule is COc1cccc([C@H]2Nc3ccc(S(=O)(=O)Nc4cccc5ccccc45)cc3[C@H]3C=CC[C@H]32)c1OC. The molecule has 1 aliphatic heterocycles. The Hall–Kier alpha value is -3.97. The standard InChI is InChI=1S/C30H28N2O4S/c1-35-28-15-7-13-24(30(28)36-2)29-23-12-6-11-22(23)25-18-20(16-17-26(25)31-29)37(33,34)32-27-14-5-9-19-8-3-4-10-21(19)27/h3-11,13-18,22-23,29,31-32H,12H2,1-2H3/t22-,23+,29-/m0/s1. The van der Waals surface area contributed by atoms with Gasteiger partial charge in [0.1, 0.15) is 0 Å². The molecule has 0 saturated heterocycles. The summed E-state index contributed by atoms with van der Waals surface area (Å²) in [6.45, 7) is 0. The van der Waals surface area contributed by atoms with Crippen LogP contribution in [0.15, 0.2) is 95.9 Å². The second-order valence-electron chi connectivity index (χ2n) is 9.44. The summed E-state index contributed by atoms with van der Waals surface area (Å²) < 4.78 is 41.0. The quantitative estimate of drug-likeness (QED) is 0.289. The van der Waals surface area contributed by atoms with E-state index < -0.39 is 10.0 Å². The lowest BCUT2D eigenvalue weighted by Gasteiger charge is -2.38. The van der Waals surface area contributed by atoms with E-state index in [-0.39, 0.29) is 22.8 Å². The van der Waals surface area contributed by atoms with Crippen molar-refractivity contribution in [3.8, 4) is 11.5 Å². The van der Waals surface area contributed by atoms with Gasteiger partial charge < -0.3 is 14.8 Å². The van der Waals surface area contributed by atoms with Gasteiger partial charge in [0.25, 0.3) is 10.0 Å². The van der Waals surface area contributed by atoms with Crippen LogP contribution in [0.25, 0.3) is 10.8 Å². The molecule has 0 bridgehead atoms. The number of anilines is 2. The Labute approximate surface area is 217 Å². The van der Waals surface area contributed by atoms with Crippen LogP contribution >= 0.6 is 0 Å². The summed E-state index contributed by atoms with van der Waals surface area (Å²) >= 11 is 0. The first-order valence-corrected chi connectivity index (χ1v) is 13.8. The summed E-state index contributed by atoms with van der Waals surface area (Å²) in [5, 5.41) is 5.52. The van der Waals surface area contributed by atoms with E-state index in [1.165, 1.54) is 0 Å². The number of fused-ring (bicyclic) bond motifs is 4. The molecule has 188 valence electrons. The maximum absolute atomic E-state index is 13.5. The molecule has 7 heteroatoms. The van der Waals surface area contributed by atoms with Gasteiger partial charge in [-0.1, -0.05) is 60.7 Å². The molecule has 6 nitrogen and oxygen atoms in total. The van der Waals surface area contributed by atoms with E-state index in [9.17, 15) is 8.42 Å². The minimum atomic E-state index is -3.79. The predicted molar refractivity (Wildman–Crippen MR) is 147 cm³/mol. The van der Waals surface area contributed by atoms with Crippen molar-refractivity contribution in [2.75, 3.05) is 24.3 Å². The molecule has 0 unspecified atom stereocenters. The Kier molecular flexibility index (Phi) is 5.80. The van der Waals surface area contributed by atoms with Gasteiger partial charge >= 0.3 is 0 Å². The van der Waals surface area contributed by atoms with E-state index in [0.717, 1.165) is 39.8 Å². The van der Waals surface area contributed by atoms with Crippen LogP contribution in [0.2, 0.25) is 0 Å². The topological polar surface area (TPSA) is 76.7 Å². The zero-order valence-electron chi connectivity index (χ0n) is 20.6. The third kappa shape index (κ3) is 4.00. The Bertz CT molecular complexity index is 1620. The predicted octanol–water partition coefficient (Wildman–Crippen LogP) is 6.48. The molecule has 37 heavy (non-hydrogen) atoms. The molecule has 2 aliphatic rings. The first kappa shape index (κ1) is 23.4. The van der Waals surface area contributed by atoms with Crippen molar-refractivity contribution < 1.29 is 17.9 Å². The first-order chi connectivity index (χ1) is 18.0. The van der Waals surface area contributed by atoms with Gasteiger partial charge in [-0.3, -0.25) is 4.72 Å². The smallest absolute Gasteiger partial charge is 0.261 e. The highest BCUT2D eigenvalue weighted by Gasteiger charge is 2.40. The normalized spacial score (nSPS) is 20.1. The molecule has 0 amide bonds. The van der Waals surface area contributed by atoms with E-state index in [1.807, 2.05) is 60.7 Å². The van der Waals surface area contributed by atoms with Crippen LogP contribution in [-0.2, 0) is 10.0 Å². The van der Waals surface area contributed by atoms with Gasteiger partial charge in [0.15, 0.2) is 11.5 Å². The van der Waals surface area contributed by atoms with Gasteiger partial charge in [0.05, 0.1) is 30.8 Å². The third-order valence-corrected chi connectivity index (χ3v) is 8.81. The number of hydrogen-bond acceptors (Lipinski definition) is 5. The second-order valence-corrected chi connectivity index (χ2v) is 11.1. The maximum atomic E-state index is 13.5. The molecule has 0 radical (unpaired) electrons. The van der Waals surface area contributed by atoms with Crippen molar-refractivity contribution in [1.29, 1.82) is 0 Å². The monoisotopic (exact) mass is 512 g/mol. The van der Waals surface area contributed by atoms with Crippen molar-refractivity contribution in [1.82, 2.24) is 0 Å². The Morgan fingerprint density at radius 1 is 0.892 bits per heavy atom. The number of rotatable bonds is 6. The van der Waals surface area contributed by atoms with E-state index in [4.69, 9.17) is 9.47 Å². The van der Waals surface area contributed by atoms with Crippen molar-refractivity contribution in [2.45, 2.75) is 23.3 Å². The average molecular weight is 513 g/mol. The Morgan fingerprint density at radius 2 is 1.70 bits per heavy atom. The average Bonchev–Trinajstić information content (AvgIpc) is 3.42. The highest BCUT2D eigenvalue weighted by atomic mass is 32.2. The van der Waals surface area contributed by atoms with Gasteiger partial charge in [0, 0.05) is 22.6 Å². The highest BCUT2D eigenvalue weighted by Crippen LogP contribution is 2.52.